The van der Waals surface area contributed by atoms with Crippen LogP contribution in [-0.2, 0) is 11.2 Å². The predicted molar refractivity (Wildman–Crippen MR) is 68.3 cm³/mol. The monoisotopic (exact) mass is 226 g/mol. The van der Waals surface area contributed by atoms with Crippen LogP contribution in [0, 0.1) is 11.3 Å². The van der Waals surface area contributed by atoms with Gasteiger partial charge in [-0.1, -0.05) is 30.4 Å². The third-order valence-electron chi connectivity index (χ3n) is 2.06. The van der Waals surface area contributed by atoms with E-state index < -0.39 is 0 Å². The summed E-state index contributed by atoms with van der Waals surface area (Å²) in [6.45, 7) is 1.89. The maximum atomic E-state index is 11.4. The molecule has 3 heteroatoms. The number of carbonyl (C=O) groups is 1. The van der Waals surface area contributed by atoms with Gasteiger partial charge in [0.15, 0.2) is 0 Å². The highest BCUT2D eigenvalue weighted by molar-refractivity contribution is 5.99. The van der Waals surface area contributed by atoms with E-state index >= 15 is 0 Å². The first-order chi connectivity index (χ1) is 8.26. The molecule has 0 spiro atoms. The molecule has 1 aromatic rings. The molecule has 0 aliphatic carbocycles. The van der Waals surface area contributed by atoms with E-state index in [9.17, 15) is 4.79 Å². The number of allylic oxidation sites excluding steroid dienone is 3. The predicted octanol–water partition coefficient (Wildman–Crippen LogP) is 2.82. The van der Waals surface area contributed by atoms with Gasteiger partial charge in [0.05, 0.1) is 12.5 Å². The lowest BCUT2D eigenvalue weighted by Crippen LogP contribution is -2.07. The van der Waals surface area contributed by atoms with Gasteiger partial charge in [0.2, 0.25) is 5.91 Å². The van der Waals surface area contributed by atoms with Crippen molar-refractivity contribution >= 4 is 11.6 Å². The second kappa shape index (κ2) is 7.02. The van der Waals surface area contributed by atoms with Crippen LogP contribution in [0.25, 0.3) is 0 Å². The summed E-state index contributed by atoms with van der Waals surface area (Å²) < 4.78 is 0. The van der Waals surface area contributed by atoms with E-state index in [1.807, 2.05) is 25.1 Å². The minimum atomic E-state index is -0.170. The summed E-state index contributed by atoms with van der Waals surface area (Å²) in [5.41, 5.74) is 1.66. The summed E-state index contributed by atoms with van der Waals surface area (Å²) in [4.78, 5) is 11.4. The number of benzene rings is 1. The van der Waals surface area contributed by atoms with Gasteiger partial charge in [0, 0.05) is 11.8 Å². The Bertz CT molecular complexity index is 464. The zero-order valence-corrected chi connectivity index (χ0v) is 9.68. The molecule has 1 amide bonds. The summed E-state index contributed by atoms with van der Waals surface area (Å²) in [5.74, 6) is -0.170. The Hall–Kier alpha value is -2.34. The normalized spacial score (nSPS) is 10.6. The number of carbonyl (C=O) groups excluding carboxylic acids is 1. The molecule has 0 bridgehead atoms. The largest absolute Gasteiger partial charge is 0.323 e. The van der Waals surface area contributed by atoms with Crippen molar-refractivity contribution in [2.75, 3.05) is 5.32 Å². The number of nitriles is 1. The first kappa shape index (κ1) is 12.7. The van der Waals surface area contributed by atoms with Gasteiger partial charge in [-0.05, 0) is 24.6 Å². The highest BCUT2D eigenvalue weighted by Crippen LogP contribution is 2.09. The van der Waals surface area contributed by atoms with Crippen molar-refractivity contribution in [2.45, 2.75) is 13.3 Å². The fourth-order valence-electron chi connectivity index (χ4n) is 1.24. The van der Waals surface area contributed by atoms with Gasteiger partial charge in [-0.2, -0.15) is 5.26 Å². The maximum absolute atomic E-state index is 11.4. The third-order valence-corrected chi connectivity index (χ3v) is 2.06. The molecule has 3 nitrogen and oxygen atoms in total. The van der Waals surface area contributed by atoms with Gasteiger partial charge >= 0.3 is 0 Å². The average molecular weight is 226 g/mol. The quantitative estimate of drug-likeness (QED) is 0.634. The molecule has 0 fully saturated rings. The zero-order chi connectivity index (χ0) is 12.5. The second-order valence-corrected chi connectivity index (χ2v) is 3.41. The highest BCUT2D eigenvalue weighted by atomic mass is 16.1. The Kier molecular flexibility index (Phi) is 5.26. The van der Waals surface area contributed by atoms with Gasteiger partial charge in [-0.3, -0.25) is 4.79 Å². The Balaban J connectivity index is 2.57. The zero-order valence-electron chi connectivity index (χ0n) is 9.68. The third kappa shape index (κ3) is 4.80. The molecule has 0 aliphatic heterocycles. The molecule has 0 aromatic heterocycles. The number of nitrogens with zero attached hydrogens (tertiary/aromatic N) is 1. The van der Waals surface area contributed by atoms with Crippen LogP contribution in [0.1, 0.15) is 12.5 Å². The molecule has 17 heavy (non-hydrogen) atoms. The number of nitrogens with one attached hydrogen (secondary N) is 1. The van der Waals surface area contributed by atoms with Crippen LogP contribution in [0.5, 0.6) is 0 Å². The van der Waals surface area contributed by atoms with Crippen molar-refractivity contribution in [3.8, 4) is 6.07 Å². The molecular weight excluding hydrogens is 212 g/mol. The van der Waals surface area contributed by atoms with Gasteiger partial charge in [-0.15, -0.1) is 0 Å². The van der Waals surface area contributed by atoms with E-state index in [1.54, 1.807) is 24.3 Å². The first-order valence-corrected chi connectivity index (χ1v) is 5.32. The van der Waals surface area contributed by atoms with E-state index in [4.69, 9.17) is 5.26 Å². The van der Waals surface area contributed by atoms with E-state index in [2.05, 4.69) is 11.4 Å². The van der Waals surface area contributed by atoms with E-state index in [1.165, 1.54) is 6.08 Å². The van der Waals surface area contributed by atoms with Crippen LogP contribution in [0.2, 0.25) is 0 Å². The fourth-order valence-corrected chi connectivity index (χ4v) is 1.24. The van der Waals surface area contributed by atoms with Crippen molar-refractivity contribution < 1.29 is 4.79 Å². The molecule has 1 aromatic carbocycles. The number of hydrogen-bond donors (Lipinski definition) is 1. The number of rotatable bonds is 4. The summed E-state index contributed by atoms with van der Waals surface area (Å²) >= 11 is 0. The van der Waals surface area contributed by atoms with Crippen molar-refractivity contribution in [1.29, 1.82) is 5.26 Å². The second-order valence-electron chi connectivity index (χ2n) is 3.41. The lowest BCUT2D eigenvalue weighted by atomic mass is 10.1. The SMILES string of the molecule is C/C=C/C=C/C(=O)Nc1ccc(CC#N)cc1. The molecule has 0 unspecified atom stereocenters. The van der Waals surface area contributed by atoms with Gasteiger partial charge in [-0.25, -0.2) is 0 Å². The van der Waals surface area contributed by atoms with Gasteiger partial charge in [0.25, 0.3) is 0 Å². The highest BCUT2D eigenvalue weighted by Gasteiger charge is 1.97. The molecule has 0 heterocycles. The lowest BCUT2D eigenvalue weighted by Gasteiger charge is -2.02. The summed E-state index contributed by atoms with van der Waals surface area (Å²) in [5, 5.41) is 11.2. The molecule has 1 N–H and O–H groups in total. The smallest absolute Gasteiger partial charge is 0.248 e. The fraction of sp³-hybridized carbons (Fsp3) is 0.143. The van der Waals surface area contributed by atoms with E-state index in [-0.39, 0.29) is 5.91 Å². The standard InChI is InChI=1S/C14H14N2O/c1-2-3-4-5-14(17)16-13-8-6-12(7-9-13)10-11-15/h2-9H,10H2,1H3,(H,16,17)/b3-2+,5-4+. The van der Waals surface area contributed by atoms with Crippen LogP contribution in [0.15, 0.2) is 48.6 Å². The van der Waals surface area contributed by atoms with Crippen LogP contribution in [0.4, 0.5) is 5.69 Å². The molecule has 1 rings (SSSR count). The van der Waals surface area contributed by atoms with E-state index in [0.717, 1.165) is 11.3 Å². The number of hydrogen-bond acceptors (Lipinski definition) is 2. The Labute approximate surface area is 101 Å². The summed E-state index contributed by atoms with van der Waals surface area (Å²) in [6.07, 6.45) is 7.16. The minimum absolute atomic E-state index is 0.170. The molecule has 0 aliphatic rings. The Morgan fingerprint density at radius 1 is 1.35 bits per heavy atom. The van der Waals surface area contributed by atoms with Crippen molar-refractivity contribution in [3.05, 3.63) is 54.1 Å². The van der Waals surface area contributed by atoms with Gasteiger partial charge < -0.3 is 5.32 Å². The average Bonchev–Trinajstić information content (AvgIpc) is 2.32. The molecule has 0 radical (unpaired) electrons. The molecule has 0 atom stereocenters. The van der Waals surface area contributed by atoms with Crippen molar-refractivity contribution in [2.24, 2.45) is 0 Å². The topological polar surface area (TPSA) is 52.9 Å². The summed E-state index contributed by atoms with van der Waals surface area (Å²) in [6, 6.07) is 9.30. The Morgan fingerprint density at radius 3 is 2.65 bits per heavy atom. The molecule has 0 saturated heterocycles. The Morgan fingerprint density at radius 2 is 2.06 bits per heavy atom. The minimum Gasteiger partial charge on any atom is -0.323 e. The van der Waals surface area contributed by atoms with Gasteiger partial charge in [0.1, 0.15) is 0 Å². The number of anilines is 1. The van der Waals surface area contributed by atoms with E-state index in [0.29, 0.717) is 6.42 Å². The van der Waals surface area contributed by atoms with Crippen LogP contribution >= 0.6 is 0 Å². The van der Waals surface area contributed by atoms with Crippen LogP contribution in [0.3, 0.4) is 0 Å². The molecular formula is C14H14N2O. The molecule has 0 saturated carbocycles. The van der Waals surface area contributed by atoms with Crippen molar-refractivity contribution in [3.63, 3.8) is 0 Å². The van der Waals surface area contributed by atoms with Crippen LogP contribution in [-0.4, -0.2) is 5.91 Å². The first-order valence-electron chi connectivity index (χ1n) is 5.32. The molecule has 86 valence electrons. The lowest BCUT2D eigenvalue weighted by molar-refractivity contribution is -0.111. The maximum Gasteiger partial charge on any atom is 0.248 e. The summed E-state index contributed by atoms with van der Waals surface area (Å²) in [7, 11) is 0. The number of amides is 1. The van der Waals surface area contributed by atoms with Crippen molar-refractivity contribution in [1.82, 2.24) is 0 Å². The van der Waals surface area contributed by atoms with Crippen LogP contribution < -0.4 is 5.32 Å².